The van der Waals surface area contributed by atoms with E-state index in [-0.39, 0.29) is 5.82 Å². The van der Waals surface area contributed by atoms with Crippen LogP contribution in [0.15, 0.2) is 42.0 Å². The number of nitrogens with zero attached hydrogens (tertiary/aromatic N) is 6. The second kappa shape index (κ2) is 5.26. The standard InChI is InChI=1S/C16H10N6S/c1-10-19-15(22-9-18-21-13(22)7-17)14-12(8-23-16(14)20-10)11-5-3-2-4-6-11/h2-6,8-9H,1H3. The zero-order chi connectivity index (χ0) is 15.8. The second-order valence-corrected chi connectivity index (χ2v) is 5.78. The lowest BCUT2D eigenvalue weighted by Crippen LogP contribution is -2.03. The third-order valence-corrected chi connectivity index (χ3v) is 4.36. The molecule has 0 radical (unpaired) electrons. The van der Waals surface area contributed by atoms with E-state index < -0.39 is 0 Å². The van der Waals surface area contributed by atoms with E-state index in [1.165, 1.54) is 6.33 Å². The Kier molecular flexibility index (Phi) is 3.10. The van der Waals surface area contributed by atoms with Gasteiger partial charge in [0, 0.05) is 10.9 Å². The summed E-state index contributed by atoms with van der Waals surface area (Å²) in [6.45, 7) is 1.83. The Morgan fingerprint density at radius 1 is 1.17 bits per heavy atom. The van der Waals surface area contributed by atoms with Gasteiger partial charge < -0.3 is 0 Å². The highest BCUT2D eigenvalue weighted by atomic mass is 32.1. The number of rotatable bonds is 2. The molecule has 4 rings (SSSR count). The van der Waals surface area contributed by atoms with Crippen LogP contribution in [0.4, 0.5) is 0 Å². The van der Waals surface area contributed by atoms with Crippen LogP contribution in [0.1, 0.15) is 11.6 Å². The number of fused-ring (bicyclic) bond motifs is 1. The zero-order valence-corrected chi connectivity index (χ0v) is 12.9. The molecule has 0 spiro atoms. The average molecular weight is 318 g/mol. The van der Waals surface area contributed by atoms with Crippen molar-refractivity contribution in [3.8, 4) is 23.0 Å². The molecule has 0 N–H and O–H groups in total. The Labute approximate surface area is 135 Å². The second-order valence-electron chi connectivity index (χ2n) is 4.93. The van der Waals surface area contributed by atoms with Gasteiger partial charge in [0.2, 0.25) is 5.82 Å². The summed E-state index contributed by atoms with van der Waals surface area (Å²) in [6, 6.07) is 12.1. The molecule has 6 nitrogen and oxygen atoms in total. The largest absolute Gasteiger partial charge is 0.256 e. The first-order chi connectivity index (χ1) is 11.3. The van der Waals surface area contributed by atoms with E-state index in [0.717, 1.165) is 21.3 Å². The maximum absolute atomic E-state index is 9.23. The summed E-state index contributed by atoms with van der Waals surface area (Å²) in [5.74, 6) is 1.48. The van der Waals surface area contributed by atoms with Gasteiger partial charge in [0.1, 0.15) is 23.1 Å². The van der Waals surface area contributed by atoms with Crippen LogP contribution in [0.2, 0.25) is 0 Å². The summed E-state index contributed by atoms with van der Waals surface area (Å²) < 4.78 is 1.61. The third-order valence-electron chi connectivity index (χ3n) is 3.49. The first-order valence-corrected chi connectivity index (χ1v) is 7.77. The number of hydrogen-bond donors (Lipinski definition) is 0. The topological polar surface area (TPSA) is 80.3 Å². The first kappa shape index (κ1) is 13.5. The van der Waals surface area contributed by atoms with Crippen molar-refractivity contribution in [3.05, 3.63) is 53.7 Å². The van der Waals surface area contributed by atoms with Gasteiger partial charge in [-0.05, 0) is 12.5 Å². The summed E-state index contributed by atoms with van der Waals surface area (Å²) in [4.78, 5) is 9.94. The van der Waals surface area contributed by atoms with Crippen molar-refractivity contribution in [1.29, 1.82) is 5.26 Å². The Bertz CT molecular complexity index is 1040. The highest BCUT2D eigenvalue weighted by Gasteiger charge is 2.17. The van der Waals surface area contributed by atoms with E-state index in [1.807, 2.05) is 43.3 Å². The van der Waals surface area contributed by atoms with E-state index >= 15 is 0 Å². The fraction of sp³-hybridized carbons (Fsp3) is 0.0625. The molecule has 0 aliphatic rings. The molecule has 110 valence electrons. The summed E-state index contributed by atoms with van der Waals surface area (Å²) in [6.07, 6.45) is 1.51. The Balaban J connectivity index is 2.08. The lowest BCUT2D eigenvalue weighted by molar-refractivity contribution is 0.946. The number of aryl methyl sites for hydroxylation is 1. The number of aromatic nitrogens is 5. The van der Waals surface area contributed by atoms with Crippen molar-refractivity contribution in [1.82, 2.24) is 24.7 Å². The molecule has 3 heterocycles. The minimum atomic E-state index is 0.203. The van der Waals surface area contributed by atoms with E-state index in [1.54, 1.807) is 15.9 Å². The number of benzene rings is 1. The smallest absolute Gasteiger partial charge is 0.240 e. The molecular weight excluding hydrogens is 308 g/mol. The third kappa shape index (κ3) is 2.17. The van der Waals surface area contributed by atoms with Gasteiger partial charge in [-0.25, -0.2) is 9.97 Å². The molecule has 0 bridgehead atoms. The highest BCUT2D eigenvalue weighted by Crippen LogP contribution is 2.36. The van der Waals surface area contributed by atoms with Crippen molar-refractivity contribution in [3.63, 3.8) is 0 Å². The van der Waals surface area contributed by atoms with Gasteiger partial charge in [0.05, 0.1) is 5.39 Å². The predicted molar refractivity (Wildman–Crippen MR) is 87.2 cm³/mol. The maximum atomic E-state index is 9.23. The maximum Gasteiger partial charge on any atom is 0.240 e. The summed E-state index contributed by atoms with van der Waals surface area (Å²) >= 11 is 1.56. The highest BCUT2D eigenvalue weighted by molar-refractivity contribution is 7.17. The predicted octanol–water partition coefficient (Wildman–Crippen LogP) is 3.12. The number of hydrogen-bond acceptors (Lipinski definition) is 6. The molecule has 0 saturated carbocycles. The zero-order valence-electron chi connectivity index (χ0n) is 12.1. The molecule has 0 atom stereocenters. The van der Waals surface area contributed by atoms with Crippen LogP contribution in [0.5, 0.6) is 0 Å². The van der Waals surface area contributed by atoms with Crippen molar-refractivity contribution >= 4 is 21.6 Å². The summed E-state index contributed by atoms with van der Waals surface area (Å²) in [5.41, 5.74) is 2.12. The summed E-state index contributed by atoms with van der Waals surface area (Å²) in [5, 5.41) is 19.9. The molecule has 4 aromatic rings. The summed E-state index contributed by atoms with van der Waals surface area (Å²) in [7, 11) is 0. The van der Waals surface area contributed by atoms with Crippen molar-refractivity contribution < 1.29 is 0 Å². The molecular formula is C16H10N6S. The van der Waals surface area contributed by atoms with E-state index in [0.29, 0.717) is 11.6 Å². The minimum absolute atomic E-state index is 0.203. The van der Waals surface area contributed by atoms with Crippen LogP contribution in [-0.4, -0.2) is 24.7 Å². The minimum Gasteiger partial charge on any atom is -0.256 e. The molecule has 0 amide bonds. The Hall–Kier alpha value is -3.11. The van der Waals surface area contributed by atoms with Crippen molar-refractivity contribution in [2.24, 2.45) is 0 Å². The fourth-order valence-electron chi connectivity index (χ4n) is 2.50. The van der Waals surface area contributed by atoms with E-state index in [9.17, 15) is 5.26 Å². The molecule has 0 unspecified atom stereocenters. The van der Waals surface area contributed by atoms with Crippen LogP contribution in [-0.2, 0) is 0 Å². The Morgan fingerprint density at radius 2 is 2.00 bits per heavy atom. The van der Waals surface area contributed by atoms with Crippen LogP contribution in [0.25, 0.3) is 27.2 Å². The molecule has 0 aliphatic heterocycles. The number of thiophene rings is 1. The molecule has 1 aromatic carbocycles. The van der Waals surface area contributed by atoms with Gasteiger partial charge >= 0.3 is 0 Å². The van der Waals surface area contributed by atoms with Gasteiger partial charge in [-0.15, -0.1) is 21.5 Å². The lowest BCUT2D eigenvalue weighted by Gasteiger charge is -2.07. The van der Waals surface area contributed by atoms with Crippen molar-refractivity contribution in [2.75, 3.05) is 0 Å². The fourth-order valence-corrected chi connectivity index (χ4v) is 3.49. The molecule has 0 fully saturated rings. The van der Waals surface area contributed by atoms with Crippen LogP contribution < -0.4 is 0 Å². The number of nitriles is 1. The molecule has 23 heavy (non-hydrogen) atoms. The van der Waals surface area contributed by atoms with Gasteiger partial charge in [0.15, 0.2) is 5.82 Å². The monoisotopic (exact) mass is 318 g/mol. The van der Waals surface area contributed by atoms with Crippen LogP contribution in [0, 0.1) is 18.3 Å². The first-order valence-electron chi connectivity index (χ1n) is 6.89. The normalized spacial score (nSPS) is 10.8. The quantitative estimate of drug-likeness (QED) is 0.567. The van der Waals surface area contributed by atoms with Crippen molar-refractivity contribution in [2.45, 2.75) is 6.92 Å². The van der Waals surface area contributed by atoms with Gasteiger partial charge in [-0.2, -0.15) is 5.26 Å². The van der Waals surface area contributed by atoms with E-state index in [4.69, 9.17) is 0 Å². The van der Waals surface area contributed by atoms with Gasteiger partial charge in [-0.3, -0.25) is 4.57 Å². The average Bonchev–Trinajstić information content (AvgIpc) is 3.21. The van der Waals surface area contributed by atoms with Crippen LogP contribution in [0.3, 0.4) is 0 Å². The SMILES string of the molecule is Cc1nc(-n2cnnc2C#N)c2c(-c3ccccc3)csc2n1. The van der Waals surface area contributed by atoms with Gasteiger partial charge in [0.25, 0.3) is 0 Å². The van der Waals surface area contributed by atoms with E-state index in [2.05, 4.69) is 25.5 Å². The molecule has 3 aromatic heterocycles. The molecule has 7 heteroatoms. The van der Waals surface area contributed by atoms with Gasteiger partial charge in [-0.1, -0.05) is 30.3 Å². The van der Waals surface area contributed by atoms with Crippen LogP contribution >= 0.6 is 11.3 Å². The lowest BCUT2D eigenvalue weighted by atomic mass is 10.1. The molecule has 0 saturated heterocycles. The molecule has 0 aliphatic carbocycles. The Morgan fingerprint density at radius 3 is 2.78 bits per heavy atom.